The molecule has 8 nitrogen and oxygen atoms in total. The number of ether oxygens (including phenoxy) is 2. The van der Waals surface area contributed by atoms with Crippen LogP contribution in [0.1, 0.15) is 28.1 Å². The van der Waals surface area contributed by atoms with Gasteiger partial charge in [-0.25, -0.2) is 13.4 Å². The van der Waals surface area contributed by atoms with E-state index in [0.717, 1.165) is 34.7 Å². The maximum absolute atomic E-state index is 12.9. The quantitative estimate of drug-likeness (QED) is 0.571. The first-order valence-corrected chi connectivity index (χ1v) is 12.9. The van der Waals surface area contributed by atoms with Gasteiger partial charge in [-0.2, -0.15) is 4.31 Å². The number of amides is 1. The lowest BCUT2D eigenvalue weighted by Gasteiger charge is -2.20. The number of hydrogen-bond acceptors (Lipinski definition) is 7. The minimum Gasteiger partial charge on any atom is -0.487 e. The second-order valence-electron chi connectivity index (χ2n) is 7.97. The van der Waals surface area contributed by atoms with Crippen LogP contribution in [0.15, 0.2) is 53.4 Å². The van der Waals surface area contributed by atoms with Gasteiger partial charge in [-0.05, 0) is 49.2 Å². The minimum atomic E-state index is -3.66. The van der Waals surface area contributed by atoms with Crippen molar-refractivity contribution in [3.8, 4) is 17.0 Å². The number of nitrogens with zero attached hydrogens (tertiary/aromatic N) is 2. The van der Waals surface area contributed by atoms with Gasteiger partial charge in [-0.3, -0.25) is 10.1 Å². The summed E-state index contributed by atoms with van der Waals surface area (Å²) >= 11 is 1.37. The lowest BCUT2D eigenvalue weighted by Crippen LogP contribution is -2.34. The van der Waals surface area contributed by atoms with E-state index in [9.17, 15) is 13.2 Å². The number of likely N-dealkylation sites (N-methyl/N-ethyl adjacent to an activating group) is 1. The molecule has 172 valence electrons. The molecule has 10 heteroatoms. The lowest BCUT2D eigenvalue weighted by molar-refractivity contribution is 0.0979. The van der Waals surface area contributed by atoms with E-state index in [1.165, 1.54) is 39.9 Å². The summed E-state index contributed by atoms with van der Waals surface area (Å²) < 4.78 is 38.3. The van der Waals surface area contributed by atoms with Crippen LogP contribution in [0.3, 0.4) is 0 Å². The number of benzene rings is 2. The topological polar surface area (TPSA) is 97.8 Å². The van der Waals surface area contributed by atoms with Gasteiger partial charge < -0.3 is 9.47 Å². The van der Waals surface area contributed by atoms with Gasteiger partial charge in [0.05, 0.1) is 21.6 Å². The summed E-state index contributed by atoms with van der Waals surface area (Å²) in [6, 6.07) is 13.6. The van der Waals surface area contributed by atoms with E-state index in [1.54, 1.807) is 7.05 Å². The molecule has 2 aromatic carbocycles. The summed E-state index contributed by atoms with van der Waals surface area (Å²) in [5, 5.41) is 3.28. The molecular weight excluding hydrogens is 462 g/mol. The van der Waals surface area contributed by atoms with Crippen molar-refractivity contribution in [3.05, 3.63) is 59.0 Å². The summed E-state index contributed by atoms with van der Waals surface area (Å²) in [7, 11) is -2.12. The maximum atomic E-state index is 12.9. The predicted molar refractivity (Wildman–Crippen MR) is 125 cm³/mol. The maximum Gasteiger partial charge on any atom is 0.257 e. The zero-order valence-corrected chi connectivity index (χ0v) is 19.6. The first kappa shape index (κ1) is 22.0. The van der Waals surface area contributed by atoms with Crippen LogP contribution in [-0.4, -0.2) is 49.9 Å². The van der Waals surface area contributed by atoms with Crippen LogP contribution in [0.25, 0.3) is 11.3 Å². The molecule has 5 rings (SSSR count). The van der Waals surface area contributed by atoms with Gasteiger partial charge in [-0.15, -0.1) is 0 Å². The number of fused-ring (bicyclic) bond motifs is 3. The van der Waals surface area contributed by atoms with E-state index >= 15 is 0 Å². The van der Waals surface area contributed by atoms with E-state index in [-0.39, 0.29) is 16.9 Å². The summed E-state index contributed by atoms with van der Waals surface area (Å²) in [6.45, 7) is 1.39. The number of hydrogen-bond donors (Lipinski definition) is 1. The fourth-order valence-corrected chi connectivity index (χ4v) is 6.03. The van der Waals surface area contributed by atoms with Crippen molar-refractivity contribution in [2.45, 2.75) is 30.4 Å². The highest BCUT2D eigenvalue weighted by atomic mass is 32.2. The average Bonchev–Trinajstić information content (AvgIpc) is 3.48. The number of anilines is 1. The molecule has 1 unspecified atom stereocenters. The molecule has 2 aliphatic rings. The van der Waals surface area contributed by atoms with Crippen molar-refractivity contribution in [1.82, 2.24) is 9.29 Å². The third-order valence-electron chi connectivity index (χ3n) is 5.73. The molecule has 1 fully saturated rings. The summed E-state index contributed by atoms with van der Waals surface area (Å²) in [5.41, 5.74) is 2.06. The highest BCUT2D eigenvalue weighted by molar-refractivity contribution is 7.89. The number of carbonyl (C=O) groups excluding carboxylic acids is 1. The van der Waals surface area contributed by atoms with E-state index in [4.69, 9.17) is 9.47 Å². The second kappa shape index (κ2) is 8.86. The first-order valence-electron chi connectivity index (χ1n) is 10.6. The SMILES string of the molecule is CN(CC1CCCO1)S(=O)(=O)c1ccc(C(=O)Nc2nc3c(s2)COc2ccccc2-3)cc1. The van der Waals surface area contributed by atoms with Crippen molar-refractivity contribution < 1.29 is 22.7 Å². The Hall–Kier alpha value is -2.79. The molecule has 1 amide bonds. The molecule has 0 saturated carbocycles. The third-order valence-corrected chi connectivity index (χ3v) is 8.51. The molecule has 0 aliphatic carbocycles. The van der Waals surface area contributed by atoms with Crippen LogP contribution in [0.2, 0.25) is 0 Å². The van der Waals surface area contributed by atoms with Gasteiger partial charge in [0, 0.05) is 31.3 Å². The normalized spacial score (nSPS) is 17.3. The molecule has 2 aliphatic heterocycles. The molecule has 0 spiro atoms. The number of sulfonamides is 1. The zero-order valence-electron chi connectivity index (χ0n) is 18.0. The molecule has 1 aromatic heterocycles. The number of thiazole rings is 1. The Morgan fingerprint density at radius 3 is 2.76 bits per heavy atom. The molecule has 1 saturated heterocycles. The molecule has 1 N–H and O–H groups in total. The first-order chi connectivity index (χ1) is 15.9. The van der Waals surface area contributed by atoms with Crippen molar-refractivity contribution in [1.29, 1.82) is 0 Å². The predicted octanol–water partition coefficient (Wildman–Crippen LogP) is 3.75. The van der Waals surface area contributed by atoms with Crippen LogP contribution >= 0.6 is 11.3 Å². The highest BCUT2D eigenvalue weighted by Crippen LogP contribution is 2.40. The number of nitrogens with one attached hydrogen (secondary N) is 1. The number of carbonyl (C=O) groups is 1. The van der Waals surface area contributed by atoms with E-state index in [1.807, 2.05) is 24.3 Å². The van der Waals surface area contributed by atoms with Crippen LogP contribution in [0.5, 0.6) is 5.75 Å². The van der Waals surface area contributed by atoms with Gasteiger partial charge in [0.25, 0.3) is 5.91 Å². The number of para-hydroxylation sites is 1. The summed E-state index contributed by atoms with van der Waals surface area (Å²) in [4.78, 5) is 18.4. The number of aromatic nitrogens is 1. The van der Waals surface area contributed by atoms with E-state index in [2.05, 4.69) is 10.3 Å². The Bertz CT molecular complexity index is 1280. The largest absolute Gasteiger partial charge is 0.487 e. The smallest absolute Gasteiger partial charge is 0.257 e. The van der Waals surface area contributed by atoms with Crippen LogP contribution in [-0.2, 0) is 21.4 Å². The van der Waals surface area contributed by atoms with Crippen LogP contribution in [0.4, 0.5) is 5.13 Å². The molecule has 3 aromatic rings. The summed E-state index contributed by atoms with van der Waals surface area (Å²) in [6.07, 6.45) is 1.73. The Morgan fingerprint density at radius 1 is 1.21 bits per heavy atom. The standard InChI is InChI=1S/C23H23N3O5S2/c1-26(13-16-5-4-12-30-16)33(28,29)17-10-8-15(9-11-17)22(27)25-23-24-21-18-6-2-3-7-19(18)31-14-20(21)32-23/h2-3,6-11,16H,4-5,12-14H2,1H3,(H,24,25,27). The minimum absolute atomic E-state index is 0.0729. The Kier molecular flexibility index (Phi) is 5.92. The van der Waals surface area contributed by atoms with E-state index < -0.39 is 10.0 Å². The molecule has 1 atom stereocenters. The Morgan fingerprint density at radius 2 is 2.00 bits per heavy atom. The molecule has 0 bridgehead atoms. The fraction of sp³-hybridized carbons (Fsp3) is 0.304. The van der Waals surface area contributed by atoms with Gasteiger partial charge in [0.1, 0.15) is 12.4 Å². The molecule has 3 heterocycles. The van der Waals surface area contributed by atoms with Gasteiger partial charge in [0.2, 0.25) is 10.0 Å². The van der Waals surface area contributed by atoms with Gasteiger partial charge in [0.15, 0.2) is 5.13 Å². The van der Waals surface area contributed by atoms with Crippen LogP contribution < -0.4 is 10.1 Å². The Balaban J connectivity index is 1.28. The van der Waals surface area contributed by atoms with Crippen LogP contribution in [0, 0.1) is 0 Å². The van der Waals surface area contributed by atoms with Crippen molar-refractivity contribution in [3.63, 3.8) is 0 Å². The van der Waals surface area contributed by atoms with Crippen molar-refractivity contribution in [2.75, 3.05) is 25.5 Å². The molecular formula is C23H23N3O5S2. The molecule has 0 radical (unpaired) electrons. The average molecular weight is 486 g/mol. The molecule has 33 heavy (non-hydrogen) atoms. The second-order valence-corrected chi connectivity index (χ2v) is 11.1. The third kappa shape index (κ3) is 4.39. The monoisotopic (exact) mass is 485 g/mol. The summed E-state index contributed by atoms with van der Waals surface area (Å²) in [5.74, 6) is 0.418. The number of rotatable bonds is 6. The zero-order chi connectivity index (χ0) is 23.0. The van der Waals surface area contributed by atoms with Gasteiger partial charge in [-0.1, -0.05) is 23.5 Å². The van der Waals surface area contributed by atoms with Crippen molar-refractivity contribution >= 4 is 32.4 Å². The highest BCUT2D eigenvalue weighted by Gasteiger charge is 2.27. The van der Waals surface area contributed by atoms with Crippen molar-refractivity contribution in [2.24, 2.45) is 0 Å². The lowest BCUT2D eigenvalue weighted by atomic mass is 10.1. The fourth-order valence-electron chi connectivity index (χ4n) is 3.95. The van der Waals surface area contributed by atoms with E-state index in [0.29, 0.717) is 30.5 Å². The Labute approximate surface area is 196 Å². The van der Waals surface area contributed by atoms with Gasteiger partial charge >= 0.3 is 0 Å².